The largest absolute Gasteiger partial charge is 0.395 e. The summed E-state index contributed by atoms with van der Waals surface area (Å²) in [5.41, 5.74) is 2.49. The molecule has 3 heterocycles. The lowest BCUT2D eigenvalue weighted by Gasteiger charge is -2.44. The highest BCUT2D eigenvalue weighted by molar-refractivity contribution is 5.98. The maximum absolute atomic E-state index is 13.0. The first-order valence-corrected chi connectivity index (χ1v) is 8.63. The van der Waals surface area contributed by atoms with E-state index in [1.807, 2.05) is 0 Å². The number of carbonyl (C=O) groups is 2. The van der Waals surface area contributed by atoms with Crippen LogP contribution >= 0.6 is 0 Å². The number of amides is 3. The van der Waals surface area contributed by atoms with Crippen molar-refractivity contribution < 1.29 is 19.2 Å². The minimum Gasteiger partial charge on any atom is -0.395 e. The smallest absolute Gasteiger partial charge is 0.348 e. The maximum atomic E-state index is 13.0. The molecule has 0 radical (unpaired) electrons. The number of nitrogens with zero attached hydrogens (tertiary/aromatic N) is 2. The van der Waals surface area contributed by atoms with Crippen molar-refractivity contribution in [2.45, 2.75) is 45.2 Å². The molecule has 24 heavy (non-hydrogen) atoms. The third-order valence-corrected chi connectivity index (χ3v) is 4.80. The SMILES string of the molecule is CC(C)CC1NCC(C2CCOCC2)N(C(=O)N2C=CON2)C1=O. The van der Waals surface area contributed by atoms with Crippen LogP contribution in [0.1, 0.15) is 33.1 Å². The van der Waals surface area contributed by atoms with E-state index in [0.29, 0.717) is 32.1 Å². The molecule has 3 aliphatic heterocycles. The first kappa shape index (κ1) is 17.2. The Morgan fingerprint density at radius 2 is 2.12 bits per heavy atom. The molecule has 0 aromatic rings. The highest BCUT2D eigenvalue weighted by Gasteiger charge is 2.44. The fourth-order valence-corrected chi connectivity index (χ4v) is 3.57. The Hall–Kier alpha value is -1.64. The van der Waals surface area contributed by atoms with Crippen LogP contribution in [0.5, 0.6) is 0 Å². The number of hydrazine groups is 1. The van der Waals surface area contributed by atoms with Gasteiger partial charge < -0.3 is 14.9 Å². The molecule has 0 bridgehead atoms. The second kappa shape index (κ2) is 7.50. The number of urea groups is 1. The summed E-state index contributed by atoms with van der Waals surface area (Å²) in [5, 5.41) is 4.56. The molecule has 2 saturated heterocycles. The van der Waals surface area contributed by atoms with Gasteiger partial charge in [-0.3, -0.25) is 9.69 Å². The number of hydrogen-bond acceptors (Lipinski definition) is 6. The fourth-order valence-electron chi connectivity index (χ4n) is 3.57. The van der Waals surface area contributed by atoms with Crippen LogP contribution in [0.15, 0.2) is 12.5 Å². The van der Waals surface area contributed by atoms with Crippen LogP contribution in [-0.4, -0.2) is 53.7 Å². The third kappa shape index (κ3) is 3.55. The van der Waals surface area contributed by atoms with Crippen LogP contribution in [0.4, 0.5) is 4.79 Å². The van der Waals surface area contributed by atoms with Crippen molar-refractivity contribution in [1.29, 1.82) is 0 Å². The molecule has 2 atom stereocenters. The van der Waals surface area contributed by atoms with Crippen molar-refractivity contribution in [3.8, 4) is 0 Å². The predicted octanol–water partition coefficient (Wildman–Crippen LogP) is 0.971. The van der Waals surface area contributed by atoms with E-state index in [9.17, 15) is 9.59 Å². The second-order valence-electron chi connectivity index (χ2n) is 6.96. The van der Waals surface area contributed by atoms with E-state index < -0.39 is 0 Å². The summed E-state index contributed by atoms with van der Waals surface area (Å²) in [4.78, 5) is 32.2. The van der Waals surface area contributed by atoms with E-state index >= 15 is 0 Å². The average molecular weight is 338 g/mol. The van der Waals surface area contributed by atoms with Crippen molar-refractivity contribution >= 4 is 11.9 Å². The molecule has 0 aliphatic carbocycles. The monoisotopic (exact) mass is 338 g/mol. The van der Waals surface area contributed by atoms with Gasteiger partial charge in [0.2, 0.25) is 5.91 Å². The Bertz CT molecular complexity index is 504. The summed E-state index contributed by atoms with van der Waals surface area (Å²) in [6.07, 6.45) is 5.29. The Morgan fingerprint density at radius 3 is 2.75 bits per heavy atom. The fraction of sp³-hybridized carbons (Fsp3) is 0.750. The summed E-state index contributed by atoms with van der Waals surface area (Å²) in [5.74, 6) is 0.473. The molecule has 2 unspecified atom stereocenters. The van der Waals surface area contributed by atoms with Crippen molar-refractivity contribution in [2.75, 3.05) is 19.8 Å². The van der Waals surface area contributed by atoms with Crippen LogP contribution in [0.3, 0.4) is 0 Å². The number of rotatable bonds is 3. The van der Waals surface area contributed by atoms with Crippen molar-refractivity contribution in [3.05, 3.63) is 12.5 Å². The molecule has 134 valence electrons. The van der Waals surface area contributed by atoms with E-state index in [-0.39, 0.29) is 29.9 Å². The first-order valence-electron chi connectivity index (χ1n) is 8.63. The van der Waals surface area contributed by atoms with Crippen LogP contribution in [-0.2, 0) is 14.4 Å². The zero-order chi connectivity index (χ0) is 17.1. The van der Waals surface area contributed by atoms with Gasteiger partial charge in [-0.1, -0.05) is 19.4 Å². The summed E-state index contributed by atoms with van der Waals surface area (Å²) in [6.45, 7) is 6.13. The van der Waals surface area contributed by atoms with E-state index in [0.717, 1.165) is 12.8 Å². The van der Waals surface area contributed by atoms with E-state index in [1.165, 1.54) is 22.4 Å². The molecule has 0 aromatic carbocycles. The zero-order valence-corrected chi connectivity index (χ0v) is 14.2. The van der Waals surface area contributed by atoms with E-state index in [2.05, 4.69) is 24.8 Å². The Labute approximate surface area is 142 Å². The molecule has 8 heteroatoms. The van der Waals surface area contributed by atoms with Gasteiger partial charge in [0, 0.05) is 19.8 Å². The van der Waals surface area contributed by atoms with Gasteiger partial charge in [0.25, 0.3) is 0 Å². The summed E-state index contributed by atoms with van der Waals surface area (Å²) < 4.78 is 5.42. The maximum Gasteiger partial charge on any atom is 0.348 e. The molecule has 8 nitrogen and oxygen atoms in total. The number of imide groups is 1. The quantitative estimate of drug-likeness (QED) is 0.798. The number of hydrogen-bond donors (Lipinski definition) is 2. The number of piperazine rings is 1. The van der Waals surface area contributed by atoms with Gasteiger partial charge in [-0.2, -0.15) is 5.01 Å². The standard InChI is InChI=1S/C16H26N4O4/c1-11(2)9-13-15(21)20(16(22)19-5-8-24-18-19)14(10-17-13)12-3-6-23-7-4-12/h5,8,11-14,17-18H,3-4,6-7,9-10H2,1-2H3. The minimum atomic E-state index is -0.388. The van der Waals surface area contributed by atoms with Crippen molar-refractivity contribution in [1.82, 2.24) is 20.8 Å². The van der Waals surface area contributed by atoms with Gasteiger partial charge in [-0.15, -0.1) is 0 Å². The van der Waals surface area contributed by atoms with Crippen LogP contribution in [0.2, 0.25) is 0 Å². The highest BCUT2D eigenvalue weighted by Crippen LogP contribution is 2.27. The molecule has 2 N–H and O–H groups in total. The number of carbonyl (C=O) groups excluding carboxylic acids is 2. The zero-order valence-electron chi connectivity index (χ0n) is 14.2. The Balaban J connectivity index is 1.80. The van der Waals surface area contributed by atoms with Gasteiger partial charge >= 0.3 is 6.03 Å². The van der Waals surface area contributed by atoms with Crippen molar-refractivity contribution in [2.24, 2.45) is 11.8 Å². The topological polar surface area (TPSA) is 83.1 Å². The van der Waals surface area contributed by atoms with E-state index in [1.54, 1.807) is 0 Å². The molecule has 0 spiro atoms. The Kier molecular flexibility index (Phi) is 5.37. The average Bonchev–Trinajstić information content (AvgIpc) is 3.11. The highest BCUT2D eigenvalue weighted by atomic mass is 16.7. The molecule has 3 rings (SSSR count). The third-order valence-electron chi connectivity index (χ3n) is 4.80. The first-order chi connectivity index (χ1) is 11.6. The molecule has 0 saturated carbocycles. The molecular weight excluding hydrogens is 312 g/mol. The van der Waals surface area contributed by atoms with Crippen LogP contribution < -0.4 is 10.9 Å². The van der Waals surface area contributed by atoms with Gasteiger partial charge in [0.05, 0.1) is 18.3 Å². The van der Waals surface area contributed by atoms with Gasteiger partial charge in [-0.05, 0) is 31.1 Å². The predicted molar refractivity (Wildman–Crippen MR) is 86.0 cm³/mol. The molecular formula is C16H26N4O4. The van der Waals surface area contributed by atoms with Crippen molar-refractivity contribution in [3.63, 3.8) is 0 Å². The van der Waals surface area contributed by atoms with Crippen LogP contribution in [0.25, 0.3) is 0 Å². The van der Waals surface area contributed by atoms with Crippen LogP contribution in [0, 0.1) is 11.8 Å². The Morgan fingerprint density at radius 1 is 1.38 bits per heavy atom. The number of ether oxygens (including phenoxy) is 1. The normalized spacial score (nSPS) is 28.5. The van der Waals surface area contributed by atoms with E-state index in [4.69, 9.17) is 9.57 Å². The van der Waals surface area contributed by atoms with Gasteiger partial charge in [-0.25, -0.2) is 4.79 Å². The molecule has 0 aromatic heterocycles. The summed E-state index contributed by atoms with van der Waals surface area (Å²) in [7, 11) is 0. The summed E-state index contributed by atoms with van der Waals surface area (Å²) in [6, 6.07) is -0.869. The minimum absolute atomic E-state index is 0.154. The molecule has 3 aliphatic rings. The van der Waals surface area contributed by atoms with Gasteiger partial charge in [0.1, 0.15) is 6.26 Å². The lowest BCUT2D eigenvalue weighted by atomic mass is 9.87. The lowest BCUT2D eigenvalue weighted by molar-refractivity contribution is -0.138. The molecule has 2 fully saturated rings. The molecule has 3 amide bonds. The lowest BCUT2D eigenvalue weighted by Crippen LogP contribution is -2.66. The summed E-state index contributed by atoms with van der Waals surface area (Å²) >= 11 is 0. The number of nitrogens with one attached hydrogen (secondary N) is 2. The van der Waals surface area contributed by atoms with Gasteiger partial charge in [0.15, 0.2) is 0 Å². The second-order valence-corrected chi connectivity index (χ2v) is 6.96.